The molecule has 4 bridgehead atoms. The van der Waals surface area contributed by atoms with Gasteiger partial charge in [-0.1, -0.05) is 79.7 Å². The number of hydrogen-bond donors (Lipinski definition) is 10. The van der Waals surface area contributed by atoms with Crippen LogP contribution in [0.25, 0.3) is 0 Å². The smallest absolute Gasteiger partial charge is 0.404 e. The third-order valence-corrected chi connectivity index (χ3v) is 22.7. The Morgan fingerprint density at radius 1 is 0.442 bits per heavy atom. The molecule has 10 amide bonds. The van der Waals surface area contributed by atoms with E-state index in [1.165, 1.54) is 33.4 Å². The topological polar surface area (TPSA) is 331 Å². The lowest BCUT2D eigenvalue weighted by Gasteiger charge is -2.64. The van der Waals surface area contributed by atoms with E-state index >= 15 is 0 Å². The van der Waals surface area contributed by atoms with Crippen molar-refractivity contribution in [3.63, 3.8) is 0 Å². The summed E-state index contributed by atoms with van der Waals surface area (Å²) >= 11 is 0. The number of carbonyl (C=O) groups excluding carboxylic acids is 9. The fourth-order valence-electron chi connectivity index (χ4n) is 17.0. The summed E-state index contributed by atoms with van der Waals surface area (Å²) in [5.74, 6) is -1.77. The lowest BCUT2D eigenvalue weighted by Crippen LogP contribution is -2.65. The fourth-order valence-corrected chi connectivity index (χ4v) is 17.0. The van der Waals surface area contributed by atoms with Gasteiger partial charge in [0.05, 0.1) is 84.0 Å². The standard InChI is InChI=1S/C75H98B2N14O13/c1-41(2)21-61(76-101-59-29-45-27-57(72(45,5)6)74(59,9)103-76)86-65(94)35-78-63(92)25-43-17-15-19-47(23-43)80-67(96)53-31-49(37-88(53)11)82-69(98)55-33-51(39-90(55)13)84-71(100)85-52-34-56(91(14)40-52)70(99)83-50-32-54(89(12)38-50)68(97)81-48-20-16-18-44(24-48)26-64(93)79-36-66(95)87-62(22-42(3)4)77-102-60-30-46-28-58(73(46,7)8)75(60,10)104-77/h15-20,23-24,31-34,37-42,45-46,57-62H,21-22,25-30,35-36H2,1-14H3,(H,78,92)(H,79,93)(H,80,96)(H,81,97)(H,82,98)(H,83,99)(H,86,94)(H,87,95)(H2,84,85,100)/t45-,46-,57-,58-,59+,60+,61-,62-,74-,75-/m0/s1. The van der Waals surface area contributed by atoms with Crippen molar-refractivity contribution < 1.29 is 61.8 Å². The second-order valence-corrected chi connectivity index (χ2v) is 31.9. The average Bonchev–Trinajstić information content (AvgIpc) is 1.40. The third-order valence-electron chi connectivity index (χ3n) is 22.7. The molecule has 10 atom stereocenters. The first kappa shape index (κ1) is 74.3. The number of nitrogens with one attached hydrogen (secondary N) is 10. The molecule has 27 nitrogen and oxygen atoms in total. The summed E-state index contributed by atoms with van der Waals surface area (Å²) in [5.41, 5.74) is 3.61. The van der Waals surface area contributed by atoms with Crippen LogP contribution in [0.15, 0.2) is 97.6 Å². The Hall–Kier alpha value is -9.44. The van der Waals surface area contributed by atoms with Gasteiger partial charge in [-0.25, -0.2) is 4.79 Å². The summed E-state index contributed by atoms with van der Waals surface area (Å²) in [6.07, 6.45) is 11.5. The van der Waals surface area contributed by atoms with Crippen LogP contribution >= 0.6 is 0 Å². The van der Waals surface area contributed by atoms with Crippen LogP contribution in [0.5, 0.6) is 0 Å². The molecule has 6 saturated carbocycles. The highest BCUT2D eigenvalue weighted by atomic mass is 16.7. The van der Waals surface area contributed by atoms with Crippen LogP contribution in [-0.2, 0) is 78.8 Å². The highest BCUT2D eigenvalue weighted by Gasteiger charge is 2.70. The lowest BCUT2D eigenvalue weighted by molar-refractivity contribution is -0.199. The first-order valence-corrected chi connectivity index (χ1v) is 36.1. The zero-order valence-electron chi connectivity index (χ0n) is 61.8. The Labute approximate surface area is 607 Å². The van der Waals surface area contributed by atoms with Gasteiger partial charge in [0, 0.05) is 64.4 Å². The zero-order chi connectivity index (χ0) is 74.6. The molecule has 4 aromatic heterocycles. The van der Waals surface area contributed by atoms with Crippen LogP contribution in [0.4, 0.5) is 38.9 Å². The van der Waals surface area contributed by atoms with Gasteiger partial charge in [0.25, 0.3) is 23.6 Å². The molecular formula is C75H98B2N14O13. The SMILES string of the molecule is CC(C)C[C@H](NC(=O)CNC(=O)Cc1cccc(NC(=O)c2cc(NC(=O)c3cc(NC(=O)Nc4cc(C(=O)Nc5cc(C(=O)Nc6cccc(CC(=O)NCC(=O)N[C@@H](CC(C)C)B7O[C@@H]8C[C@@H]9C[C@@H](C9(C)C)[C@]8(C)O7)c6)n(C)c5)n(C)c4)cn3C)cn2C)c1)B1O[C@@H]2C[C@@H]3C[C@@H](C3(C)C)[C@]2(C)O1. The van der Waals surface area contributed by atoms with E-state index in [-0.39, 0.29) is 130 Å². The van der Waals surface area contributed by atoms with Crippen molar-refractivity contribution in [3.05, 3.63) is 131 Å². The van der Waals surface area contributed by atoms with Gasteiger partial charge in [0.1, 0.15) is 22.8 Å². The van der Waals surface area contributed by atoms with Crippen LogP contribution in [0.3, 0.4) is 0 Å². The Balaban J connectivity index is 0.564. The number of benzene rings is 2. The van der Waals surface area contributed by atoms with E-state index in [0.29, 0.717) is 70.4 Å². The minimum Gasteiger partial charge on any atom is -0.404 e. The second kappa shape index (κ2) is 29.2. The molecule has 8 fully saturated rings. The monoisotopic (exact) mass is 1420 g/mol. The fraction of sp³-hybridized carbons (Fsp3) is 0.507. The summed E-state index contributed by atoms with van der Waals surface area (Å²) in [5, 5.41) is 28.4. The summed E-state index contributed by atoms with van der Waals surface area (Å²) in [4.78, 5) is 121. The Morgan fingerprint density at radius 2 is 0.769 bits per heavy atom. The van der Waals surface area contributed by atoms with Gasteiger partial charge < -0.3 is 90.1 Å². The number of aryl methyl sites for hydroxylation is 4. The molecule has 552 valence electrons. The van der Waals surface area contributed by atoms with E-state index in [0.717, 1.165) is 25.7 Å². The van der Waals surface area contributed by atoms with E-state index in [1.807, 2.05) is 0 Å². The molecule has 6 heterocycles. The number of anilines is 6. The number of rotatable bonds is 26. The summed E-state index contributed by atoms with van der Waals surface area (Å²) < 4.78 is 32.5. The normalized spacial score (nSPS) is 23.5. The summed E-state index contributed by atoms with van der Waals surface area (Å²) in [7, 11) is 5.40. The van der Waals surface area contributed by atoms with Crippen molar-refractivity contribution in [3.8, 4) is 0 Å². The quantitative estimate of drug-likeness (QED) is 0.0228. The second-order valence-electron chi connectivity index (χ2n) is 31.9. The van der Waals surface area contributed by atoms with Crippen LogP contribution in [0, 0.1) is 46.3 Å². The average molecular weight is 1430 g/mol. The summed E-state index contributed by atoms with van der Waals surface area (Å²) in [6.45, 7) is 21.4. The first-order chi connectivity index (χ1) is 49.1. The molecule has 2 aromatic carbocycles. The zero-order valence-corrected chi connectivity index (χ0v) is 61.8. The Morgan fingerprint density at radius 3 is 1.10 bits per heavy atom. The van der Waals surface area contributed by atoms with Gasteiger partial charge in [-0.2, -0.15) is 0 Å². The highest BCUT2D eigenvalue weighted by Crippen LogP contribution is 2.67. The van der Waals surface area contributed by atoms with E-state index < -0.39 is 55.1 Å². The summed E-state index contributed by atoms with van der Waals surface area (Å²) in [6, 6.07) is 19.0. The van der Waals surface area contributed by atoms with E-state index in [1.54, 1.807) is 111 Å². The molecule has 0 spiro atoms. The van der Waals surface area contributed by atoms with Gasteiger partial charge in [-0.3, -0.25) is 38.4 Å². The number of nitrogens with zero attached hydrogens (tertiary/aromatic N) is 4. The number of aromatic nitrogens is 4. The molecule has 0 unspecified atom stereocenters. The molecule has 8 aliphatic rings. The number of urea groups is 1. The van der Waals surface area contributed by atoms with Crippen molar-refractivity contribution in [1.29, 1.82) is 0 Å². The molecule has 2 saturated heterocycles. The predicted molar refractivity (Wildman–Crippen MR) is 395 cm³/mol. The molecule has 6 aromatic rings. The van der Waals surface area contributed by atoms with E-state index in [2.05, 4.69) is 122 Å². The van der Waals surface area contributed by atoms with Crippen molar-refractivity contribution >= 4 is 102 Å². The van der Waals surface area contributed by atoms with Crippen LogP contribution in [0.2, 0.25) is 0 Å². The molecule has 14 rings (SSSR count). The minimum atomic E-state index is -0.661. The molecule has 2 aliphatic heterocycles. The van der Waals surface area contributed by atoms with Gasteiger partial charge in [0.2, 0.25) is 23.6 Å². The molecular weight excluding hydrogens is 1330 g/mol. The van der Waals surface area contributed by atoms with Gasteiger partial charge in [0.15, 0.2) is 0 Å². The van der Waals surface area contributed by atoms with Gasteiger partial charge in [-0.05, 0) is 158 Å². The first-order valence-electron chi connectivity index (χ1n) is 36.1. The predicted octanol–water partition coefficient (Wildman–Crippen LogP) is 8.61. The maximum atomic E-state index is 13.7. The maximum Gasteiger partial charge on any atom is 0.481 e. The number of carbonyl (C=O) groups is 9. The molecule has 29 heteroatoms. The molecule has 0 radical (unpaired) electrons. The molecule has 10 N–H and O–H groups in total. The van der Waals surface area contributed by atoms with Crippen LogP contribution in [-0.4, -0.2) is 134 Å². The van der Waals surface area contributed by atoms with Gasteiger partial charge >= 0.3 is 20.3 Å². The van der Waals surface area contributed by atoms with E-state index in [9.17, 15) is 43.2 Å². The van der Waals surface area contributed by atoms with Crippen molar-refractivity contribution in [1.82, 2.24) is 39.5 Å². The van der Waals surface area contributed by atoms with Gasteiger partial charge in [-0.15, -0.1) is 0 Å². The van der Waals surface area contributed by atoms with Crippen molar-refractivity contribution in [2.45, 2.75) is 156 Å². The third kappa shape index (κ3) is 15.7. The maximum absolute atomic E-state index is 13.7. The largest absolute Gasteiger partial charge is 0.481 e. The minimum absolute atomic E-state index is 0.0237. The van der Waals surface area contributed by atoms with Crippen molar-refractivity contribution in [2.75, 3.05) is 45.0 Å². The highest BCUT2D eigenvalue weighted by molar-refractivity contribution is 6.48. The Bertz CT molecular complexity index is 4080. The number of amides is 10. The number of hydrogen-bond acceptors (Lipinski definition) is 13. The van der Waals surface area contributed by atoms with Crippen molar-refractivity contribution in [2.24, 2.45) is 74.5 Å². The Kier molecular flexibility index (Phi) is 20.9. The van der Waals surface area contributed by atoms with Crippen LogP contribution < -0.4 is 53.2 Å². The molecule has 104 heavy (non-hydrogen) atoms. The lowest BCUT2D eigenvalue weighted by atomic mass is 9.43. The van der Waals surface area contributed by atoms with Crippen LogP contribution in [0.1, 0.15) is 161 Å². The molecule has 6 aliphatic carbocycles. The van der Waals surface area contributed by atoms with E-state index in [4.69, 9.17) is 18.6 Å².